The van der Waals surface area contributed by atoms with Gasteiger partial charge < -0.3 is 10.2 Å². The van der Waals surface area contributed by atoms with Crippen LogP contribution in [0, 0.1) is 0 Å². The molecular formula is C15H23N5O. The third-order valence-corrected chi connectivity index (χ3v) is 4.20. The van der Waals surface area contributed by atoms with E-state index >= 15 is 0 Å². The number of hydrogen-bond acceptors (Lipinski definition) is 4. The number of nitrogens with zero attached hydrogens (tertiary/aromatic N) is 3. The lowest BCUT2D eigenvalue weighted by atomic mass is 10.0. The monoisotopic (exact) mass is 289 g/mol. The van der Waals surface area contributed by atoms with Crippen LogP contribution in [0.25, 0.3) is 0 Å². The van der Waals surface area contributed by atoms with Gasteiger partial charge in [-0.1, -0.05) is 6.92 Å². The van der Waals surface area contributed by atoms with Crippen LogP contribution in [0.1, 0.15) is 45.4 Å². The molecule has 2 N–H and O–H groups in total. The summed E-state index contributed by atoms with van der Waals surface area (Å²) in [5, 5.41) is 14.0. The van der Waals surface area contributed by atoms with Gasteiger partial charge in [0.1, 0.15) is 0 Å². The van der Waals surface area contributed by atoms with Gasteiger partial charge in [-0.3, -0.25) is 5.32 Å². The Morgan fingerprint density at radius 3 is 2.81 bits per heavy atom. The lowest BCUT2D eigenvalue weighted by Crippen LogP contribution is -2.39. The molecule has 21 heavy (non-hydrogen) atoms. The Labute approximate surface area is 125 Å². The Kier molecular flexibility index (Phi) is 4.22. The third-order valence-electron chi connectivity index (χ3n) is 4.20. The van der Waals surface area contributed by atoms with E-state index in [9.17, 15) is 4.79 Å². The zero-order valence-corrected chi connectivity index (χ0v) is 12.5. The van der Waals surface area contributed by atoms with Crippen molar-refractivity contribution in [2.45, 2.75) is 57.5 Å². The lowest BCUT2D eigenvalue weighted by Gasteiger charge is -2.35. The first-order chi connectivity index (χ1) is 10.3. The summed E-state index contributed by atoms with van der Waals surface area (Å²) >= 11 is 0. The molecule has 1 unspecified atom stereocenters. The fraction of sp³-hybridized carbons (Fsp3) is 0.667. The molecule has 0 spiro atoms. The number of carbonyl (C=O) groups excluding carboxylic acids is 1. The van der Waals surface area contributed by atoms with Crippen molar-refractivity contribution in [3.63, 3.8) is 0 Å². The first-order valence-corrected chi connectivity index (χ1v) is 7.94. The largest absolute Gasteiger partial charge is 0.352 e. The minimum absolute atomic E-state index is 0.191. The van der Waals surface area contributed by atoms with Gasteiger partial charge in [0, 0.05) is 18.6 Å². The Morgan fingerprint density at radius 2 is 2.14 bits per heavy atom. The average molecular weight is 289 g/mol. The van der Waals surface area contributed by atoms with Gasteiger partial charge in [-0.05, 0) is 50.7 Å². The highest BCUT2D eigenvalue weighted by atomic mass is 16.2. The van der Waals surface area contributed by atoms with Crippen molar-refractivity contribution in [2.24, 2.45) is 0 Å². The summed E-state index contributed by atoms with van der Waals surface area (Å²) in [4.78, 5) is 14.0. The average Bonchev–Trinajstić information content (AvgIpc) is 3.32. The van der Waals surface area contributed by atoms with Crippen molar-refractivity contribution < 1.29 is 4.79 Å². The minimum atomic E-state index is -0.191. The van der Waals surface area contributed by atoms with Gasteiger partial charge >= 0.3 is 6.03 Å². The maximum atomic E-state index is 11.6. The van der Waals surface area contributed by atoms with E-state index in [-0.39, 0.29) is 6.03 Å². The Bertz CT molecular complexity index is 485. The van der Waals surface area contributed by atoms with Crippen molar-refractivity contribution in [1.29, 1.82) is 0 Å². The Hall–Kier alpha value is -1.85. The molecule has 0 radical (unpaired) electrons. The van der Waals surface area contributed by atoms with E-state index in [1.807, 2.05) is 12.1 Å². The summed E-state index contributed by atoms with van der Waals surface area (Å²) < 4.78 is 0. The van der Waals surface area contributed by atoms with Crippen LogP contribution in [0.4, 0.5) is 16.4 Å². The lowest BCUT2D eigenvalue weighted by molar-refractivity contribution is 0.251. The number of hydrogen-bond donors (Lipinski definition) is 2. The van der Waals surface area contributed by atoms with E-state index in [1.165, 1.54) is 19.3 Å². The zero-order chi connectivity index (χ0) is 14.7. The normalized spacial score (nSPS) is 22.0. The quantitative estimate of drug-likeness (QED) is 0.893. The van der Waals surface area contributed by atoms with Crippen molar-refractivity contribution in [1.82, 2.24) is 15.5 Å². The van der Waals surface area contributed by atoms with Crippen molar-refractivity contribution in [3.05, 3.63) is 12.1 Å². The number of anilines is 2. The highest BCUT2D eigenvalue weighted by Gasteiger charge is 2.24. The number of aromatic nitrogens is 2. The maximum absolute atomic E-state index is 11.6. The molecule has 1 aromatic heterocycles. The summed E-state index contributed by atoms with van der Waals surface area (Å²) in [5.74, 6) is 1.41. The predicted molar refractivity (Wildman–Crippen MR) is 82.5 cm³/mol. The molecule has 0 aromatic carbocycles. The van der Waals surface area contributed by atoms with Gasteiger partial charge in [0.05, 0.1) is 0 Å². The van der Waals surface area contributed by atoms with Crippen LogP contribution in [-0.2, 0) is 0 Å². The van der Waals surface area contributed by atoms with Crippen LogP contribution in [0.2, 0.25) is 0 Å². The van der Waals surface area contributed by atoms with E-state index in [0.29, 0.717) is 17.9 Å². The van der Waals surface area contributed by atoms with E-state index < -0.39 is 0 Å². The Morgan fingerprint density at radius 1 is 1.29 bits per heavy atom. The third kappa shape index (κ3) is 3.62. The van der Waals surface area contributed by atoms with E-state index in [4.69, 9.17) is 0 Å². The molecule has 1 saturated carbocycles. The van der Waals surface area contributed by atoms with Crippen molar-refractivity contribution >= 4 is 17.7 Å². The number of amides is 2. The molecule has 2 fully saturated rings. The summed E-state index contributed by atoms with van der Waals surface area (Å²) in [7, 11) is 0. The molecule has 0 bridgehead atoms. The number of piperidine rings is 1. The molecule has 1 aliphatic carbocycles. The topological polar surface area (TPSA) is 70.2 Å². The van der Waals surface area contributed by atoms with Gasteiger partial charge in [-0.25, -0.2) is 4.79 Å². The second-order valence-electron chi connectivity index (χ2n) is 5.90. The van der Waals surface area contributed by atoms with Gasteiger partial charge in [0.2, 0.25) is 0 Å². The molecule has 114 valence electrons. The van der Waals surface area contributed by atoms with Gasteiger partial charge in [0.25, 0.3) is 0 Å². The molecule has 2 heterocycles. The highest BCUT2D eigenvalue weighted by molar-refractivity contribution is 5.88. The second kappa shape index (κ2) is 6.28. The van der Waals surface area contributed by atoms with Crippen molar-refractivity contribution in [2.75, 3.05) is 16.8 Å². The smallest absolute Gasteiger partial charge is 0.320 e. The summed E-state index contributed by atoms with van der Waals surface area (Å²) in [6.45, 7) is 3.26. The Balaban J connectivity index is 1.61. The van der Waals surface area contributed by atoms with Crippen LogP contribution in [-0.4, -0.2) is 34.9 Å². The summed E-state index contributed by atoms with van der Waals surface area (Å²) in [6, 6.07) is 4.49. The van der Waals surface area contributed by atoms with Gasteiger partial charge in [-0.2, -0.15) is 0 Å². The molecule has 6 heteroatoms. The summed E-state index contributed by atoms with van der Waals surface area (Å²) in [5.41, 5.74) is 0. The van der Waals surface area contributed by atoms with Crippen molar-refractivity contribution in [3.8, 4) is 0 Å². The molecule has 1 atom stereocenters. The van der Waals surface area contributed by atoms with Crippen LogP contribution in [0.15, 0.2) is 12.1 Å². The van der Waals surface area contributed by atoms with Crippen LogP contribution < -0.4 is 15.5 Å². The standard InChI is InChI=1S/C15H23N5O/c1-2-12-5-3-4-10-20(12)14-9-8-13(18-19-14)17-15(21)16-11-6-7-11/h8-9,11-12H,2-7,10H2,1H3,(H2,16,17,18,21). The molecule has 2 aliphatic rings. The highest BCUT2D eigenvalue weighted by Crippen LogP contribution is 2.25. The SMILES string of the molecule is CCC1CCCCN1c1ccc(NC(=O)NC2CC2)nn1. The fourth-order valence-corrected chi connectivity index (χ4v) is 2.84. The zero-order valence-electron chi connectivity index (χ0n) is 12.5. The number of nitrogens with one attached hydrogen (secondary N) is 2. The first-order valence-electron chi connectivity index (χ1n) is 7.94. The first kappa shape index (κ1) is 14.1. The molecule has 3 rings (SSSR count). The molecule has 2 amide bonds. The number of urea groups is 1. The number of carbonyl (C=O) groups is 1. The maximum Gasteiger partial charge on any atom is 0.320 e. The fourth-order valence-electron chi connectivity index (χ4n) is 2.84. The molecular weight excluding hydrogens is 266 g/mol. The van der Waals surface area contributed by atoms with Gasteiger partial charge in [-0.15, -0.1) is 10.2 Å². The van der Waals surface area contributed by atoms with Crippen LogP contribution >= 0.6 is 0 Å². The van der Waals surface area contributed by atoms with Crippen LogP contribution in [0.5, 0.6) is 0 Å². The van der Waals surface area contributed by atoms with E-state index in [1.54, 1.807) is 0 Å². The van der Waals surface area contributed by atoms with E-state index in [2.05, 4.69) is 32.7 Å². The molecule has 1 aromatic rings. The summed E-state index contributed by atoms with van der Waals surface area (Å²) in [6.07, 6.45) is 7.01. The van der Waals surface area contributed by atoms with Crippen LogP contribution in [0.3, 0.4) is 0 Å². The second-order valence-corrected chi connectivity index (χ2v) is 5.90. The van der Waals surface area contributed by atoms with E-state index in [0.717, 1.165) is 31.6 Å². The number of rotatable bonds is 4. The molecule has 1 aliphatic heterocycles. The minimum Gasteiger partial charge on any atom is -0.352 e. The molecule has 6 nitrogen and oxygen atoms in total. The molecule has 1 saturated heterocycles. The van der Waals surface area contributed by atoms with Gasteiger partial charge in [0.15, 0.2) is 11.6 Å². The predicted octanol–water partition coefficient (Wildman–Crippen LogP) is 2.53.